The summed E-state index contributed by atoms with van der Waals surface area (Å²) in [6.07, 6.45) is 3.54. The maximum Gasteiger partial charge on any atom is 0.189 e. The third kappa shape index (κ3) is 4.16. The molecule has 1 atom stereocenters. The number of nitrogens with zero attached hydrogens (tertiary/aromatic N) is 3. The van der Waals surface area contributed by atoms with Crippen molar-refractivity contribution in [2.45, 2.75) is 25.3 Å². The van der Waals surface area contributed by atoms with Crippen LogP contribution in [0.4, 0.5) is 15.9 Å². The predicted octanol–water partition coefficient (Wildman–Crippen LogP) is 3.22. The van der Waals surface area contributed by atoms with Gasteiger partial charge >= 0.3 is 0 Å². The summed E-state index contributed by atoms with van der Waals surface area (Å²) in [7, 11) is 0. The van der Waals surface area contributed by atoms with Gasteiger partial charge in [0.15, 0.2) is 11.6 Å². The van der Waals surface area contributed by atoms with E-state index in [0.717, 1.165) is 37.2 Å². The Hall–Kier alpha value is -3.32. The van der Waals surface area contributed by atoms with Gasteiger partial charge in [-0.2, -0.15) is 0 Å². The second kappa shape index (κ2) is 8.59. The highest BCUT2D eigenvalue weighted by Crippen LogP contribution is 2.26. The number of aromatic nitrogens is 2. The largest absolute Gasteiger partial charge is 0.382 e. The number of nitrogen functional groups attached to an aromatic ring is 1. The van der Waals surface area contributed by atoms with E-state index in [1.165, 1.54) is 12.3 Å². The number of anilines is 2. The molecule has 0 aliphatic carbocycles. The zero-order chi connectivity index (χ0) is 21.1. The highest BCUT2D eigenvalue weighted by molar-refractivity contribution is 6.00. The van der Waals surface area contributed by atoms with Gasteiger partial charge in [0.1, 0.15) is 11.5 Å². The maximum absolute atomic E-state index is 14.1. The van der Waals surface area contributed by atoms with E-state index < -0.39 is 5.82 Å². The monoisotopic (exact) mass is 405 g/mol. The molecule has 1 aromatic heterocycles. The smallest absolute Gasteiger partial charge is 0.189 e. The molecule has 1 aliphatic heterocycles. The number of halogens is 1. The number of piperidine rings is 1. The lowest BCUT2D eigenvalue weighted by Crippen LogP contribution is -2.43. The fourth-order valence-electron chi connectivity index (χ4n) is 3.86. The van der Waals surface area contributed by atoms with E-state index in [0.29, 0.717) is 0 Å². The normalized spacial score (nSPS) is 16.5. The van der Waals surface area contributed by atoms with Crippen molar-refractivity contribution in [3.63, 3.8) is 0 Å². The zero-order valence-electron chi connectivity index (χ0n) is 16.6. The first-order valence-electron chi connectivity index (χ1n) is 10.0. The average molecular weight is 405 g/mol. The molecule has 4 N–H and O–H groups in total. The number of carbonyl (C=O) groups excluding carboxylic acids is 1. The van der Waals surface area contributed by atoms with Crippen molar-refractivity contribution in [1.29, 1.82) is 0 Å². The molecule has 4 rings (SSSR count). The summed E-state index contributed by atoms with van der Waals surface area (Å²) < 4.78 is 14.1. The van der Waals surface area contributed by atoms with E-state index in [2.05, 4.69) is 14.9 Å². The number of nitrogens with two attached hydrogens (primary N) is 2. The summed E-state index contributed by atoms with van der Waals surface area (Å²) in [6.45, 7) is 1.67. The van der Waals surface area contributed by atoms with E-state index in [9.17, 15) is 9.18 Å². The van der Waals surface area contributed by atoms with Crippen LogP contribution in [0.2, 0.25) is 0 Å². The number of benzene rings is 2. The molecule has 1 fully saturated rings. The van der Waals surface area contributed by atoms with Crippen LogP contribution in [-0.2, 0) is 6.42 Å². The molecule has 2 aromatic carbocycles. The van der Waals surface area contributed by atoms with Crippen molar-refractivity contribution >= 4 is 17.3 Å². The Balaban J connectivity index is 1.62. The Morgan fingerprint density at radius 1 is 1.17 bits per heavy atom. The van der Waals surface area contributed by atoms with Crippen LogP contribution in [0.25, 0.3) is 11.3 Å². The van der Waals surface area contributed by atoms with E-state index in [-0.39, 0.29) is 41.0 Å². The fourth-order valence-corrected chi connectivity index (χ4v) is 3.86. The third-order valence-electron chi connectivity index (χ3n) is 5.36. The Bertz CT molecular complexity index is 1070. The Kier molecular flexibility index (Phi) is 5.72. The van der Waals surface area contributed by atoms with Gasteiger partial charge in [0.05, 0.1) is 11.9 Å². The standard InChI is InChI=1S/C23H24FN5O/c24-18-9-3-2-8-17(18)19-13-27-23(26)22(28-19)21(30)12-15-6-1-4-10-20(15)29-11-5-7-16(25)14-29/h1-4,6,8-10,13,16H,5,7,11-12,14,25H2,(H2,26,27). The number of hydrogen-bond acceptors (Lipinski definition) is 6. The molecule has 0 saturated carbocycles. The van der Waals surface area contributed by atoms with Gasteiger partial charge in [0.25, 0.3) is 0 Å². The third-order valence-corrected chi connectivity index (χ3v) is 5.36. The first-order chi connectivity index (χ1) is 14.5. The molecule has 0 amide bonds. The summed E-state index contributed by atoms with van der Waals surface area (Å²) >= 11 is 0. The van der Waals surface area contributed by atoms with Crippen molar-refractivity contribution in [1.82, 2.24) is 9.97 Å². The minimum Gasteiger partial charge on any atom is -0.382 e. The summed E-state index contributed by atoms with van der Waals surface area (Å²) in [6, 6.07) is 14.2. The average Bonchev–Trinajstić information content (AvgIpc) is 2.75. The summed E-state index contributed by atoms with van der Waals surface area (Å²) in [4.78, 5) is 23.7. The highest BCUT2D eigenvalue weighted by Gasteiger charge is 2.22. The molecule has 1 unspecified atom stereocenters. The molecular formula is C23H24FN5O. The Labute approximate surface area is 174 Å². The van der Waals surface area contributed by atoms with Gasteiger partial charge in [-0.15, -0.1) is 0 Å². The van der Waals surface area contributed by atoms with Crippen molar-refractivity contribution in [3.05, 3.63) is 71.8 Å². The van der Waals surface area contributed by atoms with Crippen LogP contribution in [-0.4, -0.2) is 34.9 Å². The molecule has 30 heavy (non-hydrogen) atoms. The van der Waals surface area contributed by atoms with Gasteiger partial charge in [-0.25, -0.2) is 14.4 Å². The molecule has 1 aliphatic rings. The number of Topliss-reactive ketones (excluding diaryl/α,β-unsaturated/α-hetero) is 1. The predicted molar refractivity (Wildman–Crippen MR) is 116 cm³/mol. The van der Waals surface area contributed by atoms with Crippen LogP contribution >= 0.6 is 0 Å². The molecular weight excluding hydrogens is 381 g/mol. The van der Waals surface area contributed by atoms with Crippen molar-refractivity contribution in [2.75, 3.05) is 23.7 Å². The lowest BCUT2D eigenvalue weighted by atomic mass is 10.0. The zero-order valence-corrected chi connectivity index (χ0v) is 16.6. The van der Waals surface area contributed by atoms with Crippen LogP contribution in [0.5, 0.6) is 0 Å². The molecule has 0 bridgehead atoms. The molecule has 1 saturated heterocycles. The van der Waals surface area contributed by atoms with E-state index in [1.807, 2.05) is 24.3 Å². The van der Waals surface area contributed by atoms with Gasteiger partial charge < -0.3 is 16.4 Å². The number of carbonyl (C=O) groups is 1. The Morgan fingerprint density at radius 2 is 1.93 bits per heavy atom. The van der Waals surface area contributed by atoms with Crippen LogP contribution in [0.15, 0.2) is 54.7 Å². The van der Waals surface area contributed by atoms with Gasteiger partial charge in [-0.1, -0.05) is 30.3 Å². The second-order valence-electron chi connectivity index (χ2n) is 7.55. The van der Waals surface area contributed by atoms with Crippen molar-refractivity contribution < 1.29 is 9.18 Å². The molecule has 0 radical (unpaired) electrons. The molecule has 154 valence electrons. The first-order valence-corrected chi connectivity index (χ1v) is 10.0. The Morgan fingerprint density at radius 3 is 2.73 bits per heavy atom. The summed E-state index contributed by atoms with van der Waals surface area (Å²) in [5.74, 6) is -0.647. The first kappa shape index (κ1) is 20.0. The molecule has 3 aromatic rings. The van der Waals surface area contributed by atoms with Crippen molar-refractivity contribution in [2.24, 2.45) is 5.73 Å². The number of hydrogen-bond donors (Lipinski definition) is 2. The minimum atomic E-state index is -0.429. The van der Waals surface area contributed by atoms with Gasteiger partial charge in [-0.3, -0.25) is 4.79 Å². The topological polar surface area (TPSA) is 98.1 Å². The summed E-state index contributed by atoms with van der Waals surface area (Å²) in [5, 5.41) is 0. The van der Waals surface area contributed by atoms with Crippen molar-refractivity contribution in [3.8, 4) is 11.3 Å². The molecule has 2 heterocycles. The number of rotatable bonds is 5. The van der Waals surface area contributed by atoms with Gasteiger partial charge in [-0.05, 0) is 36.6 Å². The fraction of sp³-hybridized carbons (Fsp3) is 0.261. The van der Waals surface area contributed by atoms with E-state index in [1.54, 1.807) is 18.2 Å². The minimum absolute atomic E-state index is 0.0394. The van der Waals surface area contributed by atoms with E-state index in [4.69, 9.17) is 11.5 Å². The van der Waals surface area contributed by atoms with E-state index >= 15 is 0 Å². The number of ketones is 1. The van der Waals surface area contributed by atoms with Gasteiger partial charge in [0.2, 0.25) is 0 Å². The van der Waals surface area contributed by atoms with Crippen LogP contribution < -0.4 is 16.4 Å². The SMILES string of the molecule is Nc1ncc(-c2ccccc2F)nc1C(=O)Cc1ccccc1N1CCCC(N)C1. The quantitative estimate of drug-likeness (QED) is 0.633. The highest BCUT2D eigenvalue weighted by atomic mass is 19.1. The van der Waals surface area contributed by atoms with Gasteiger partial charge in [0, 0.05) is 36.8 Å². The van der Waals surface area contributed by atoms with Crippen LogP contribution in [0.1, 0.15) is 28.9 Å². The van der Waals surface area contributed by atoms with Crippen LogP contribution in [0, 0.1) is 5.82 Å². The molecule has 7 heteroatoms. The van der Waals surface area contributed by atoms with Crippen LogP contribution in [0.3, 0.4) is 0 Å². The molecule has 6 nitrogen and oxygen atoms in total. The summed E-state index contributed by atoms with van der Waals surface area (Å²) in [5.41, 5.74) is 14.6. The number of para-hydroxylation sites is 1. The second-order valence-corrected chi connectivity index (χ2v) is 7.55. The lowest BCUT2D eigenvalue weighted by molar-refractivity contribution is 0.0989. The molecule has 0 spiro atoms. The lowest BCUT2D eigenvalue weighted by Gasteiger charge is -2.34. The maximum atomic E-state index is 14.1.